The van der Waals surface area contributed by atoms with Gasteiger partial charge in [0.05, 0.1) is 0 Å². The van der Waals surface area contributed by atoms with Gasteiger partial charge in [-0.05, 0) is 25.0 Å². The quantitative estimate of drug-likeness (QED) is 0.776. The van der Waals surface area contributed by atoms with Gasteiger partial charge in [-0.15, -0.1) is 0 Å². The Kier molecular flexibility index (Phi) is 5.42. The standard InChI is InChI=1S/C13H20N2O3/c1-3-10(8-12(16)17)9-14-13(18)11-6-5-7-15(11)4-2/h5-7,10H,3-4,8-9H2,1-2H3,(H,14,18)(H,16,17). The van der Waals surface area contributed by atoms with Gasteiger partial charge >= 0.3 is 5.97 Å². The van der Waals surface area contributed by atoms with Gasteiger partial charge in [-0.1, -0.05) is 13.3 Å². The lowest BCUT2D eigenvalue weighted by Gasteiger charge is -2.14. The van der Waals surface area contributed by atoms with Gasteiger partial charge in [0.25, 0.3) is 5.91 Å². The molecule has 0 spiro atoms. The summed E-state index contributed by atoms with van der Waals surface area (Å²) in [6, 6.07) is 3.59. The average Bonchev–Trinajstić information content (AvgIpc) is 2.81. The summed E-state index contributed by atoms with van der Waals surface area (Å²) < 4.78 is 1.85. The molecule has 100 valence electrons. The summed E-state index contributed by atoms with van der Waals surface area (Å²) in [5, 5.41) is 11.5. The lowest BCUT2D eigenvalue weighted by atomic mass is 10.0. The number of aromatic nitrogens is 1. The van der Waals surface area contributed by atoms with Crippen molar-refractivity contribution < 1.29 is 14.7 Å². The minimum Gasteiger partial charge on any atom is -0.481 e. The molecule has 0 saturated carbocycles. The number of carboxylic acids is 1. The van der Waals surface area contributed by atoms with E-state index in [1.807, 2.05) is 30.7 Å². The van der Waals surface area contributed by atoms with Crippen molar-refractivity contribution in [3.63, 3.8) is 0 Å². The van der Waals surface area contributed by atoms with Crippen LogP contribution in [0.3, 0.4) is 0 Å². The van der Waals surface area contributed by atoms with Gasteiger partial charge in [0, 0.05) is 25.7 Å². The van der Waals surface area contributed by atoms with Gasteiger partial charge in [-0.2, -0.15) is 0 Å². The van der Waals surface area contributed by atoms with Gasteiger partial charge in [-0.3, -0.25) is 9.59 Å². The van der Waals surface area contributed by atoms with E-state index in [2.05, 4.69) is 5.32 Å². The summed E-state index contributed by atoms with van der Waals surface area (Å²) in [5.74, 6) is -0.991. The second-order valence-corrected chi connectivity index (χ2v) is 4.26. The third-order valence-electron chi connectivity index (χ3n) is 2.99. The number of carbonyl (C=O) groups is 2. The van der Waals surface area contributed by atoms with Crippen molar-refractivity contribution >= 4 is 11.9 Å². The first-order chi connectivity index (χ1) is 8.58. The molecule has 1 aromatic heterocycles. The van der Waals surface area contributed by atoms with Crippen molar-refractivity contribution in [2.24, 2.45) is 5.92 Å². The van der Waals surface area contributed by atoms with E-state index in [1.54, 1.807) is 6.07 Å². The van der Waals surface area contributed by atoms with E-state index < -0.39 is 5.97 Å². The first-order valence-electron chi connectivity index (χ1n) is 6.23. The van der Waals surface area contributed by atoms with Crippen molar-refractivity contribution in [3.8, 4) is 0 Å². The van der Waals surface area contributed by atoms with Crippen LogP contribution >= 0.6 is 0 Å². The fourth-order valence-corrected chi connectivity index (χ4v) is 1.83. The molecule has 2 N–H and O–H groups in total. The SMILES string of the molecule is CCC(CNC(=O)c1cccn1CC)CC(=O)O. The van der Waals surface area contributed by atoms with E-state index in [9.17, 15) is 9.59 Å². The molecule has 1 amide bonds. The second-order valence-electron chi connectivity index (χ2n) is 4.26. The highest BCUT2D eigenvalue weighted by Gasteiger charge is 2.14. The maximum Gasteiger partial charge on any atom is 0.303 e. The van der Waals surface area contributed by atoms with Crippen LogP contribution in [0.5, 0.6) is 0 Å². The lowest BCUT2D eigenvalue weighted by Crippen LogP contribution is -2.31. The van der Waals surface area contributed by atoms with Crippen molar-refractivity contribution in [1.29, 1.82) is 0 Å². The smallest absolute Gasteiger partial charge is 0.303 e. The zero-order valence-corrected chi connectivity index (χ0v) is 10.8. The Morgan fingerprint density at radius 2 is 2.17 bits per heavy atom. The molecule has 18 heavy (non-hydrogen) atoms. The predicted octanol–water partition coefficient (Wildman–Crippen LogP) is 1.74. The molecule has 1 rings (SSSR count). The number of hydrogen-bond acceptors (Lipinski definition) is 2. The zero-order chi connectivity index (χ0) is 13.5. The fraction of sp³-hybridized carbons (Fsp3) is 0.538. The normalized spacial score (nSPS) is 12.1. The summed E-state index contributed by atoms with van der Waals surface area (Å²) in [5.41, 5.74) is 0.614. The minimum atomic E-state index is -0.826. The van der Waals surface area contributed by atoms with Crippen LogP contribution in [0.2, 0.25) is 0 Å². The van der Waals surface area contributed by atoms with Crippen molar-refractivity contribution in [2.75, 3.05) is 6.54 Å². The number of carbonyl (C=O) groups excluding carboxylic acids is 1. The molecule has 5 nitrogen and oxygen atoms in total. The molecule has 0 aromatic carbocycles. The molecule has 0 aliphatic heterocycles. The first-order valence-corrected chi connectivity index (χ1v) is 6.23. The third-order valence-corrected chi connectivity index (χ3v) is 2.99. The number of nitrogens with one attached hydrogen (secondary N) is 1. The molecule has 1 heterocycles. The predicted molar refractivity (Wildman–Crippen MR) is 68.5 cm³/mol. The van der Waals surface area contributed by atoms with Crippen LogP contribution in [-0.4, -0.2) is 28.1 Å². The molecule has 0 saturated heterocycles. The molecule has 1 aromatic rings. The van der Waals surface area contributed by atoms with E-state index in [-0.39, 0.29) is 18.2 Å². The van der Waals surface area contributed by atoms with Crippen LogP contribution in [0.25, 0.3) is 0 Å². The number of rotatable bonds is 7. The van der Waals surface area contributed by atoms with Crippen LogP contribution in [0.1, 0.15) is 37.2 Å². The van der Waals surface area contributed by atoms with Crippen LogP contribution in [-0.2, 0) is 11.3 Å². The van der Waals surface area contributed by atoms with Crippen LogP contribution in [0.4, 0.5) is 0 Å². The number of nitrogens with zero attached hydrogens (tertiary/aromatic N) is 1. The van der Waals surface area contributed by atoms with E-state index in [0.717, 1.165) is 13.0 Å². The summed E-state index contributed by atoms with van der Waals surface area (Å²) >= 11 is 0. The fourth-order valence-electron chi connectivity index (χ4n) is 1.83. The Hall–Kier alpha value is -1.78. The molecule has 0 radical (unpaired) electrons. The molecule has 5 heteroatoms. The highest BCUT2D eigenvalue weighted by molar-refractivity contribution is 5.92. The first kappa shape index (κ1) is 14.3. The maximum atomic E-state index is 11.9. The summed E-state index contributed by atoms with van der Waals surface area (Å²) in [4.78, 5) is 22.5. The zero-order valence-electron chi connectivity index (χ0n) is 10.8. The van der Waals surface area contributed by atoms with Gasteiger partial charge in [0.1, 0.15) is 5.69 Å². The molecular formula is C13H20N2O3. The topological polar surface area (TPSA) is 71.3 Å². The average molecular weight is 252 g/mol. The Labute approximate surface area is 107 Å². The number of hydrogen-bond donors (Lipinski definition) is 2. The Morgan fingerprint density at radius 3 is 2.72 bits per heavy atom. The van der Waals surface area contributed by atoms with Gasteiger partial charge in [0.2, 0.25) is 0 Å². The maximum absolute atomic E-state index is 11.9. The Balaban J connectivity index is 2.52. The van der Waals surface area contributed by atoms with E-state index in [1.165, 1.54) is 0 Å². The Bertz CT molecular complexity index is 412. The van der Waals surface area contributed by atoms with Crippen LogP contribution in [0.15, 0.2) is 18.3 Å². The molecule has 0 fully saturated rings. The number of aliphatic carboxylic acids is 1. The molecule has 1 unspecified atom stereocenters. The highest BCUT2D eigenvalue weighted by atomic mass is 16.4. The van der Waals surface area contributed by atoms with E-state index in [4.69, 9.17) is 5.11 Å². The molecule has 1 atom stereocenters. The summed E-state index contributed by atoms with van der Waals surface area (Å²) in [6.07, 6.45) is 2.68. The number of aryl methyl sites for hydroxylation is 1. The van der Waals surface area contributed by atoms with Crippen LogP contribution < -0.4 is 5.32 Å². The van der Waals surface area contributed by atoms with Gasteiger partial charge in [0.15, 0.2) is 0 Å². The number of carboxylic acid groups (broad SMARTS) is 1. The van der Waals surface area contributed by atoms with Gasteiger partial charge < -0.3 is 15.0 Å². The minimum absolute atomic E-state index is 0.0171. The second kappa shape index (κ2) is 6.83. The number of amides is 1. The van der Waals surface area contributed by atoms with Crippen molar-refractivity contribution in [1.82, 2.24) is 9.88 Å². The van der Waals surface area contributed by atoms with Crippen molar-refractivity contribution in [3.05, 3.63) is 24.0 Å². The van der Waals surface area contributed by atoms with Crippen LogP contribution in [0, 0.1) is 5.92 Å². The van der Waals surface area contributed by atoms with Crippen molar-refractivity contribution in [2.45, 2.75) is 33.2 Å². The molecule has 0 aliphatic rings. The third kappa shape index (κ3) is 3.91. The van der Waals surface area contributed by atoms with E-state index in [0.29, 0.717) is 12.2 Å². The monoisotopic (exact) mass is 252 g/mol. The molecule has 0 aliphatic carbocycles. The molecule has 0 bridgehead atoms. The highest BCUT2D eigenvalue weighted by Crippen LogP contribution is 2.08. The summed E-state index contributed by atoms with van der Waals surface area (Å²) in [7, 11) is 0. The molecular weight excluding hydrogens is 232 g/mol. The summed E-state index contributed by atoms with van der Waals surface area (Å²) in [6.45, 7) is 5.03. The van der Waals surface area contributed by atoms with E-state index >= 15 is 0 Å². The van der Waals surface area contributed by atoms with Gasteiger partial charge in [-0.25, -0.2) is 0 Å². The largest absolute Gasteiger partial charge is 0.481 e. The lowest BCUT2D eigenvalue weighted by molar-refractivity contribution is -0.138. The Morgan fingerprint density at radius 1 is 1.44 bits per heavy atom.